The first-order valence-electron chi connectivity index (χ1n) is 4.05. The highest BCUT2D eigenvalue weighted by molar-refractivity contribution is 8.00. The Morgan fingerprint density at radius 3 is 2.54 bits per heavy atom. The van der Waals surface area contributed by atoms with E-state index in [9.17, 15) is 8.78 Å². The van der Waals surface area contributed by atoms with E-state index in [0.29, 0.717) is 11.7 Å². The molecule has 1 aromatic carbocycles. The molecule has 0 aliphatic carbocycles. The van der Waals surface area contributed by atoms with E-state index < -0.39 is 11.6 Å². The lowest BCUT2D eigenvalue weighted by Gasteiger charge is -2.26. The van der Waals surface area contributed by atoms with Gasteiger partial charge in [-0.15, -0.1) is 0 Å². The molecular weight excluding hydrogens is 192 g/mol. The summed E-state index contributed by atoms with van der Waals surface area (Å²) in [6, 6.07) is 4.30. The maximum absolute atomic E-state index is 12.7. The van der Waals surface area contributed by atoms with Crippen molar-refractivity contribution in [3.63, 3.8) is 0 Å². The molecule has 1 aromatic rings. The van der Waals surface area contributed by atoms with Crippen molar-refractivity contribution < 1.29 is 8.78 Å². The Labute approximate surface area is 79.5 Å². The van der Waals surface area contributed by atoms with Gasteiger partial charge in [0.1, 0.15) is 0 Å². The highest BCUT2D eigenvalue weighted by Crippen LogP contribution is 2.22. The van der Waals surface area contributed by atoms with Crippen molar-refractivity contribution in [1.29, 1.82) is 0 Å². The average molecular weight is 201 g/mol. The number of thioether (sulfide) groups is 1. The molecule has 0 saturated carbocycles. The SMILES string of the molecule is Fc1ccc(NC2CSC2)cc1F. The van der Waals surface area contributed by atoms with E-state index in [1.165, 1.54) is 6.07 Å². The second-order valence-electron chi connectivity index (χ2n) is 3.01. The largest absolute Gasteiger partial charge is 0.381 e. The molecule has 0 unspecified atom stereocenters. The zero-order chi connectivity index (χ0) is 9.26. The van der Waals surface area contributed by atoms with Crippen LogP contribution in [-0.4, -0.2) is 17.5 Å². The fourth-order valence-corrected chi connectivity index (χ4v) is 1.78. The van der Waals surface area contributed by atoms with E-state index >= 15 is 0 Å². The highest BCUT2D eigenvalue weighted by Gasteiger charge is 2.17. The van der Waals surface area contributed by atoms with Crippen LogP contribution >= 0.6 is 11.8 Å². The van der Waals surface area contributed by atoms with Crippen molar-refractivity contribution in [3.8, 4) is 0 Å². The summed E-state index contributed by atoms with van der Waals surface area (Å²) < 4.78 is 25.3. The zero-order valence-corrected chi connectivity index (χ0v) is 7.70. The van der Waals surface area contributed by atoms with Crippen LogP contribution in [0, 0.1) is 11.6 Å². The van der Waals surface area contributed by atoms with Crippen LogP contribution in [0.15, 0.2) is 18.2 Å². The number of nitrogens with one attached hydrogen (secondary N) is 1. The summed E-state index contributed by atoms with van der Waals surface area (Å²) in [4.78, 5) is 0. The standard InChI is InChI=1S/C9H9F2NS/c10-8-2-1-6(3-9(8)11)12-7-4-13-5-7/h1-3,7,12H,4-5H2. The Morgan fingerprint density at radius 2 is 2.00 bits per heavy atom. The van der Waals surface area contributed by atoms with Gasteiger partial charge in [-0.2, -0.15) is 11.8 Å². The molecule has 1 heterocycles. The molecule has 4 heteroatoms. The first-order chi connectivity index (χ1) is 6.25. The lowest BCUT2D eigenvalue weighted by molar-refractivity contribution is 0.509. The maximum Gasteiger partial charge on any atom is 0.160 e. The van der Waals surface area contributed by atoms with Crippen LogP contribution in [0.4, 0.5) is 14.5 Å². The van der Waals surface area contributed by atoms with Gasteiger partial charge in [-0.25, -0.2) is 8.78 Å². The van der Waals surface area contributed by atoms with Crippen molar-refractivity contribution in [2.75, 3.05) is 16.8 Å². The molecule has 0 bridgehead atoms. The summed E-state index contributed by atoms with van der Waals surface area (Å²) in [6.07, 6.45) is 0. The first-order valence-corrected chi connectivity index (χ1v) is 5.20. The molecule has 1 saturated heterocycles. The summed E-state index contributed by atoms with van der Waals surface area (Å²) >= 11 is 1.84. The number of rotatable bonds is 2. The van der Waals surface area contributed by atoms with E-state index in [-0.39, 0.29) is 0 Å². The smallest absolute Gasteiger partial charge is 0.160 e. The number of anilines is 1. The molecule has 1 nitrogen and oxygen atoms in total. The van der Waals surface area contributed by atoms with Gasteiger partial charge >= 0.3 is 0 Å². The van der Waals surface area contributed by atoms with Crippen LogP contribution < -0.4 is 5.32 Å². The van der Waals surface area contributed by atoms with Crippen LogP contribution in [0.3, 0.4) is 0 Å². The molecule has 0 radical (unpaired) electrons. The summed E-state index contributed by atoms with van der Waals surface area (Å²) in [6.45, 7) is 0. The van der Waals surface area contributed by atoms with Crippen molar-refractivity contribution >= 4 is 17.4 Å². The third-order valence-electron chi connectivity index (χ3n) is 1.93. The van der Waals surface area contributed by atoms with Crippen LogP contribution in [0.1, 0.15) is 0 Å². The molecule has 1 aliphatic heterocycles. The fraction of sp³-hybridized carbons (Fsp3) is 0.333. The number of hydrogen-bond donors (Lipinski definition) is 1. The summed E-state index contributed by atoms with van der Waals surface area (Å²) in [5.74, 6) is 0.489. The molecular formula is C9H9F2NS. The minimum absolute atomic E-state index is 0.412. The Kier molecular flexibility index (Phi) is 2.40. The topological polar surface area (TPSA) is 12.0 Å². The van der Waals surface area contributed by atoms with Crippen molar-refractivity contribution in [3.05, 3.63) is 29.8 Å². The lowest BCUT2D eigenvalue weighted by atomic mass is 10.2. The van der Waals surface area contributed by atoms with Gasteiger partial charge in [0, 0.05) is 29.3 Å². The van der Waals surface area contributed by atoms with E-state index in [1.54, 1.807) is 6.07 Å². The summed E-state index contributed by atoms with van der Waals surface area (Å²) in [5, 5.41) is 3.12. The molecule has 0 aromatic heterocycles. The predicted molar refractivity (Wildman–Crippen MR) is 51.1 cm³/mol. The predicted octanol–water partition coefficient (Wildman–Crippen LogP) is 2.49. The minimum atomic E-state index is -0.798. The Morgan fingerprint density at radius 1 is 1.23 bits per heavy atom. The molecule has 2 rings (SSSR count). The average Bonchev–Trinajstić information content (AvgIpc) is 2.04. The molecule has 13 heavy (non-hydrogen) atoms. The molecule has 0 amide bonds. The molecule has 1 aliphatic rings. The van der Waals surface area contributed by atoms with Gasteiger partial charge in [0.25, 0.3) is 0 Å². The van der Waals surface area contributed by atoms with Gasteiger partial charge in [-0.05, 0) is 12.1 Å². The molecule has 70 valence electrons. The summed E-state index contributed by atoms with van der Waals surface area (Å²) in [7, 11) is 0. The highest BCUT2D eigenvalue weighted by atomic mass is 32.2. The van der Waals surface area contributed by atoms with Gasteiger partial charge < -0.3 is 5.32 Å². The second-order valence-corrected chi connectivity index (χ2v) is 4.08. The summed E-state index contributed by atoms with van der Waals surface area (Å²) in [5.41, 5.74) is 0.657. The normalized spacial score (nSPS) is 16.8. The molecule has 0 spiro atoms. The molecule has 1 N–H and O–H groups in total. The van der Waals surface area contributed by atoms with E-state index in [4.69, 9.17) is 0 Å². The van der Waals surface area contributed by atoms with Crippen LogP contribution in [-0.2, 0) is 0 Å². The molecule has 0 atom stereocenters. The number of halogens is 2. The van der Waals surface area contributed by atoms with Gasteiger partial charge in [0.2, 0.25) is 0 Å². The van der Waals surface area contributed by atoms with Crippen LogP contribution in [0.25, 0.3) is 0 Å². The van der Waals surface area contributed by atoms with Crippen LogP contribution in [0.2, 0.25) is 0 Å². The maximum atomic E-state index is 12.7. The van der Waals surface area contributed by atoms with Crippen molar-refractivity contribution in [2.24, 2.45) is 0 Å². The third-order valence-corrected chi connectivity index (χ3v) is 3.20. The lowest BCUT2D eigenvalue weighted by Crippen LogP contribution is -2.33. The molecule has 1 fully saturated rings. The number of hydrogen-bond acceptors (Lipinski definition) is 2. The zero-order valence-electron chi connectivity index (χ0n) is 6.89. The van der Waals surface area contributed by atoms with E-state index in [0.717, 1.165) is 17.6 Å². The Balaban J connectivity index is 2.07. The van der Waals surface area contributed by atoms with Crippen molar-refractivity contribution in [2.45, 2.75) is 6.04 Å². The second kappa shape index (κ2) is 3.54. The Bertz CT molecular complexity index is 312. The van der Waals surface area contributed by atoms with Crippen LogP contribution in [0.5, 0.6) is 0 Å². The monoisotopic (exact) mass is 201 g/mol. The third kappa shape index (κ3) is 1.94. The van der Waals surface area contributed by atoms with Gasteiger partial charge in [0.15, 0.2) is 11.6 Å². The fourth-order valence-electron chi connectivity index (χ4n) is 1.14. The van der Waals surface area contributed by atoms with Gasteiger partial charge in [-0.3, -0.25) is 0 Å². The number of benzene rings is 1. The Hall–Kier alpha value is -0.770. The van der Waals surface area contributed by atoms with E-state index in [2.05, 4.69) is 5.32 Å². The van der Waals surface area contributed by atoms with E-state index in [1.807, 2.05) is 11.8 Å². The van der Waals surface area contributed by atoms with Gasteiger partial charge in [0.05, 0.1) is 0 Å². The first kappa shape index (κ1) is 8.81. The van der Waals surface area contributed by atoms with Gasteiger partial charge in [-0.1, -0.05) is 0 Å². The quantitative estimate of drug-likeness (QED) is 0.789. The minimum Gasteiger partial charge on any atom is -0.381 e. The van der Waals surface area contributed by atoms with Crippen molar-refractivity contribution in [1.82, 2.24) is 0 Å².